The summed E-state index contributed by atoms with van der Waals surface area (Å²) in [5, 5.41) is 0. The van der Waals surface area contributed by atoms with E-state index in [1.165, 1.54) is 44.9 Å². The van der Waals surface area contributed by atoms with Gasteiger partial charge in [0.05, 0.1) is 0 Å². The molecule has 0 saturated heterocycles. The number of hydrogen-bond acceptors (Lipinski definition) is 2. The van der Waals surface area contributed by atoms with Gasteiger partial charge in [-0.3, -0.25) is 0 Å². The lowest BCUT2D eigenvalue weighted by Gasteiger charge is -2.33. The Balaban J connectivity index is 2.29. The minimum absolute atomic E-state index is 0.459. The third-order valence-corrected chi connectivity index (χ3v) is 4.40. The van der Waals surface area contributed by atoms with E-state index >= 15 is 0 Å². The Morgan fingerprint density at radius 2 is 2.06 bits per heavy atom. The molecule has 0 radical (unpaired) electrons. The van der Waals surface area contributed by atoms with Crippen LogP contribution in [0, 0.1) is 17.8 Å². The highest BCUT2D eigenvalue weighted by Crippen LogP contribution is 2.34. The van der Waals surface area contributed by atoms with Crippen LogP contribution in [0.25, 0.3) is 0 Å². The van der Waals surface area contributed by atoms with Gasteiger partial charge in [0.2, 0.25) is 0 Å². The van der Waals surface area contributed by atoms with E-state index in [-0.39, 0.29) is 0 Å². The van der Waals surface area contributed by atoms with Crippen LogP contribution in [0.4, 0.5) is 0 Å². The van der Waals surface area contributed by atoms with Gasteiger partial charge in [-0.2, -0.15) is 0 Å². The van der Waals surface area contributed by atoms with E-state index in [9.17, 15) is 0 Å². The lowest BCUT2D eigenvalue weighted by molar-refractivity contribution is 0.207. The van der Waals surface area contributed by atoms with Gasteiger partial charge < -0.3 is 11.5 Å². The maximum atomic E-state index is 6.07. The zero-order chi connectivity index (χ0) is 12.0. The second-order valence-corrected chi connectivity index (χ2v) is 5.76. The highest BCUT2D eigenvalue weighted by molar-refractivity contribution is 4.81. The summed E-state index contributed by atoms with van der Waals surface area (Å²) in [4.78, 5) is 0. The first kappa shape index (κ1) is 14.0. The van der Waals surface area contributed by atoms with Crippen molar-refractivity contribution in [2.45, 2.75) is 64.8 Å². The molecule has 0 aromatic heterocycles. The summed E-state index contributed by atoms with van der Waals surface area (Å²) in [5.41, 5.74) is 11.7. The van der Waals surface area contributed by atoms with Crippen molar-refractivity contribution < 1.29 is 0 Å². The quantitative estimate of drug-likeness (QED) is 0.731. The lowest BCUT2D eigenvalue weighted by atomic mass is 9.75. The third-order valence-electron chi connectivity index (χ3n) is 4.40. The summed E-state index contributed by atoms with van der Waals surface area (Å²) in [6.07, 6.45) is 9.18. The van der Waals surface area contributed by atoms with Gasteiger partial charge in [-0.1, -0.05) is 20.3 Å². The van der Waals surface area contributed by atoms with E-state index in [1.807, 2.05) is 0 Å². The van der Waals surface area contributed by atoms with Crippen LogP contribution >= 0.6 is 0 Å². The Bertz CT molecular complexity index is 182. The van der Waals surface area contributed by atoms with E-state index in [0.29, 0.717) is 6.04 Å². The Labute approximate surface area is 101 Å². The maximum Gasteiger partial charge on any atom is 0.00647 e. The number of rotatable bonds is 6. The molecule has 2 nitrogen and oxygen atoms in total. The maximum absolute atomic E-state index is 6.07. The molecule has 1 aliphatic rings. The Kier molecular flexibility index (Phi) is 6.37. The molecule has 0 spiro atoms. The fourth-order valence-corrected chi connectivity index (χ4v) is 3.11. The van der Waals surface area contributed by atoms with Crippen molar-refractivity contribution in [3.8, 4) is 0 Å². The van der Waals surface area contributed by atoms with Gasteiger partial charge in [0.25, 0.3) is 0 Å². The van der Waals surface area contributed by atoms with Crippen LogP contribution in [0.1, 0.15) is 58.8 Å². The smallest absolute Gasteiger partial charge is 0.00647 e. The van der Waals surface area contributed by atoms with Gasteiger partial charge in [-0.15, -0.1) is 0 Å². The standard InChI is InChI=1S/C14H30N2/c1-3-12(5-4-8-15)10-13-6-7-14(16)11(2)9-13/h11-14H,3-10,15-16H2,1-2H3. The SMILES string of the molecule is CCC(CCCN)CC1CCC(N)C(C)C1. The van der Waals surface area contributed by atoms with Crippen molar-refractivity contribution in [3.63, 3.8) is 0 Å². The summed E-state index contributed by atoms with van der Waals surface area (Å²) < 4.78 is 0. The van der Waals surface area contributed by atoms with E-state index in [2.05, 4.69) is 13.8 Å². The van der Waals surface area contributed by atoms with Crippen LogP contribution in [-0.2, 0) is 0 Å². The molecule has 0 amide bonds. The van der Waals surface area contributed by atoms with Crippen molar-refractivity contribution in [1.29, 1.82) is 0 Å². The first-order valence-electron chi connectivity index (χ1n) is 7.13. The Morgan fingerprint density at radius 1 is 1.31 bits per heavy atom. The van der Waals surface area contributed by atoms with Crippen molar-refractivity contribution >= 4 is 0 Å². The molecular weight excluding hydrogens is 196 g/mol. The topological polar surface area (TPSA) is 52.0 Å². The summed E-state index contributed by atoms with van der Waals surface area (Å²) >= 11 is 0. The van der Waals surface area contributed by atoms with Crippen LogP contribution in [0.15, 0.2) is 0 Å². The van der Waals surface area contributed by atoms with Gasteiger partial charge in [0, 0.05) is 6.04 Å². The molecule has 0 aromatic rings. The van der Waals surface area contributed by atoms with Gasteiger partial charge in [-0.25, -0.2) is 0 Å². The fourth-order valence-electron chi connectivity index (χ4n) is 3.11. The van der Waals surface area contributed by atoms with Crippen LogP contribution in [0.3, 0.4) is 0 Å². The van der Waals surface area contributed by atoms with Crippen LogP contribution in [0.5, 0.6) is 0 Å². The summed E-state index contributed by atoms with van der Waals surface area (Å²) in [6, 6.07) is 0.459. The first-order chi connectivity index (χ1) is 7.67. The fraction of sp³-hybridized carbons (Fsp3) is 1.00. The van der Waals surface area contributed by atoms with Crippen molar-refractivity contribution in [2.75, 3.05) is 6.54 Å². The molecule has 1 rings (SSSR count). The lowest BCUT2D eigenvalue weighted by Crippen LogP contribution is -2.34. The largest absolute Gasteiger partial charge is 0.330 e. The van der Waals surface area contributed by atoms with E-state index in [4.69, 9.17) is 11.5 Å². The molecule has 0 bridgehead atoms. The molecule has 0 heterocycles. The van der Waals surface area contributed by atoms with E-state index in [0.717, 1.165) is 24.3 Å². The van der Waals surface area contributed by atoms with Gasteiger partial charge in [-0.05, 0) is 62.8 Å². The summed E-state index contributed by atoms with van der Waals surface area (Å²) in [7, 11) is 0. The highest BCUT2D eigenvalue weighted by Gasteiger charge is 2.26. The molecular formula is C14H30N2. The minimum Gasteiger partial charge on any atom is -0.330 e. The Hall–Kier alpha value is -0.0800. The zero-order valence-electron chi connectivity index (χ0n) is 11.1. The van der Waals surface area contributed by atoms with Crippen LogP contribution in [0.2, 0.25) is 0 Å². The van der Waals surface area contributed by atoms with Gasteiger partial charge >= 0.3 is 0 Å². The first-order valence-corrected chi connectivity index (χ1v) is 7.13. The molecule has 0 aromatic carbocycles. The number of hydrogen-bond donors (Lipinski definition) is 2. The second kappa shape index (κ2) is 7.29. The average Bonchev–Trinajstić information content (AvgIpc) is 2.29. The molecule has 1 saturated carbocycles. The molecule has 2 heteroatoms. The monoisotopic (exact) mass is 226 g/mol. The molecule has 4 atom stereocenters. The Morgan fingerprint density at radius 3 is 2.62 bits per heavy atom. The predicted octanol–water partition coefficient (Wildman–Crippen LogP) is 2.91. The van der Waals surface area contributed by atoms with Crippen LogP contribution in [-0.4, -0.2) is 12.6 Å². The molecule has 96 valence electrons. The minimum atomic E-state index is 0.459. The molecule has 1 fully saturated rings. The summed E-state index contributed by atoms with van der Waals surface area (Å²) in [6.45, 7) is 5.49. The van der Waals surface area contributed by atoms with Crippen LogP contribution < -0.4 is 11.5 Å². The van der Waals surface area contributed by atoms with Crippen molar-refractivity contribution in [2.24, 2.45) is 29.2 Å². The molecule has 1 aliphatic carbocycles. The van der Waals surface area contributed by atoms with E-state index < -0.39 is 0 Å². The van der Waals surface area contributed by atoms with Gasteiger partial charge in [0.1, 0.15) is 0 Å². The number of nitrogens with two attached hydrogens (primary N) is 2. The van der Waals surface area contributed by atoms with Crippen molar-refractivity contribution in [3.05, 3.63) is 0 Å². The predicted molar refractivity (Wildman–Crippen MR) is 71.2 cm³/mol. The van der Waals surface area contributed by atoms with Gasteiger partial charge in [0.15, 0.2) is 0 Å². The van der Waals surface area contributed by atoms with E-state index in [1.54, 1.807) is 0 Å². The molecule has 4 unspecified atom stereocenters. The third kappa shape index (κ3) is 4.42. The second-order valence-electron chi connectivity index (χ2n) is 5.76. The summed E-state index contributed by atoms with van der Waals surface area (Å²) in [5.74, 6) is 2.55. The highest BCUT2D eigenvalue weighted by atomic mass is 14.7. The van der Waals surface area contributed by atoms with Crippen molar-refractivity contribution in [1.82, 2.24) is 0 Å². The molecule has 0 aliphatic heterocycles. The normalized spacial score (nSPS) is 32.6. The molecule has 4 N–H and O–H groups in total. The zero-order valence-corrected chi connectivity index (χ0v) is 11.1. The molecule has 16 heavy (non-hydrogen) atoms. The average molecular weight is 226 g/mol.